The predicted molar refractivity (Wildman–Crippen MR) is 113 cm³/mol. The van der Waals surface area contributed by atoms with Crippen LogP contribution in [0.15, 0.2) is 34.7 Å². The minimum absolute atomic E-state index is 0.0355. The number of rotatable bonds is 6. The third kappa shape index (κ3) is 4.72. The monoisotopic (exact) mass is 400 g/mol. The Kier molecular flexibility index (Phi) is 6.25. The molecule has 6 heteroatoms. The normalized spacial score (nSPS) is 18.6. The number of piperidine rings is 1. The molecular weight excluding hydrogens is 372 g/mol. The smallest absolute Gasteiger partial charge is 0.289 e. The van der Waals surface area contributed by atoms with Crippen LogP contribution in [-0.2, 0) is 4.79 Å². The number of thioether (sulfide) groups is 1. The molecule has 0 bridgehead atoms. The molecule has 150 valence electrons. The molecule has 4 rings (SSSR count). The van der Waals surface area contributed by atoms with Gasteiger partial charge in [0.2, 0.25) is 5.91 Å². The molecular formula is C22H28N2O3S. The van der Waals surface area contributed by atoms with Gasteiger partial charge in [-0.2, -0.15) is 0 Å². The van der Waals surface area contributed by atoms with E-state index in [-0.39, 0.29) is 11.8 Å². The van der Waals surface area contributed by atoms with E-state index in [1.807, 2.05) is 35.2 Å². The lowest BCUT2D eigenvalue weighted by molar-refractivity contribution is -0.118. The Morgan fingerprint density at radius 2 is 1.86 bits per heavy atom. The van der Waals surface area contributed by atoms with Crippen molar-refractivity contribution in [2.24, 2.45) is 5.92 Å². The van der Waals surface area contributed by atoms with E-state index in [1.165, 1.54) is 25.7 Å². The van der Waals surface area contributed by atoms with Crippen LogP contribution in [0.4, 0.5) is 0 Å². The van der Waals surface area contributed by atoms with Gasteiger partial charge in [-0.05, 0) is 43.7 Å². The van der Waals surface area contributed by atoms with Crippen molar-refractivity contribution in [1.29, 1.82) is 0 Å². The second-order valence-corrected chi connectivity index (χ2v) is 9.19. The number of hydrogen-bond donors (Lipinski definition) is 1. The topological polar surface area (TPSA) is 62.6 Å². The van der Waals surface area contributed by atoms with E-state index < -0.39 is 0 Å². The number of hydrogen-bond acceptors (Lipinski definition) is 4. The van der Waals surface area contributed by atoms with Crippen molar-refractivity contribution >= 4 is 34.5 Å². The van der Waals surface area contributed by atoms with Crippen LogP contribution in [-0.4, -0.2) is 47.4 Å². The van der Waals surface area contributed by atoms with Gasteiger partial charge in [0.05, 0.1) is 5.75 Å². The molecule has 28 heavy (non-hydrogen) atoms. The van der Waals surface area contributed by atoms with Crippen LogP contribution in [0.2, 0.25) is 0 Å². The summed E-state index contributed by atoms with van der Waals surface area (Å²) in [6, 6.07) is 9.51. The summed E-state index contributed by atoms with van der Waals surface area (Å²) in [5.41, 5.74) is 0.749. The van der Waals surface area contributed by atoms with E-state index >= 15 is 0 Å². The summed E-state index contributed by atoms with van der Waals surface area (Å²) in [5, 5.41) is 4.72. The largest absolute Gasteiger partial charge is 0.451 e. The number of para-hydroxylation sites is 1. The average Bonchev–Trinajstić information content (AvgIpc) is 3.40. The third-order valence-electron chi connectivity index (χ3n) is 5.88. The van der Waals surface area contributed by atoms with Crippen LogP contribution in [0.3, 0.4) is 0 Å². The zero-order valence-electron chi connectivity index (χ0n) is 16.2. The maximum Gasteiger partial charge on any atom is 0.289 e. The number of fused-ring (bicyclic) bond motifs is 1. The minimum atomic E-state index is -0.0355. The molecule has 1 saturated heterocycles. The molecule has 2 amide bonds. The average molecular weight is 401 g/mol. The Balaban J connectivity index is 1.19. The highest BCUT2D eigenvalue weighted by Crippen LogP contribution is 2.29. The zero-order chi connectivity index (χ0) is 19.3. The molecule has 2 aromatic rings. The third-order valence-corrected chi connectivity index (χ3v) is 7.25. The molecule has 0 spiro atoms. The molecule has 1 saturated carbocycles. The highest BCUT2D eigenvalue weighted by molar-refractivity contribution is 8.00. The van der Waals surface area contributed by atoms with E-state index in [1.54, 1.807) is 11.8 Å². The fourth-order valence-corrected chi connectivity index (χ4v) is 5.30. The van der Waals surface area contributed by atoms with Gasteiger partial charge >= 0.3 is 0 Å². The summed E-state index contributed by atoms with van der Waals surface area (Å²) >= 11 is 1.81. The Morgan fingerprint density at radius 1 is 1.11 bits per heavy atom. The van der Waals surface area contributed by atoms with Gasteiger partial charge in [0, 0.05) is 30.3 Å². The van der Waals surface area contributed by atoms with Crippen LogP contribution in [0, 0.1) is 5.92 Å². The summed E-state index contributed by atoms with van der Waals surface area (Å²) in [4.78, 5) is 26.7. The maximum atomic E-state index is 12.7. The minimum Gasteiger partial charge on any atom is -0.451 e. The van der Waals surface area contributed by atoms with E-state index in [2.05, 4.69) is 5.32 Å². The molecule has 5 nitrogen and oxygen atoms in total. The van der Waals surface area contributed by atoms with Gasteiger partial charge in [0.25, 0.3) is 5.91 Å². The highest BCUT2D eigenvalue weighted by Gasteiger charge is 2.26. The van der Waals surface area contributed by atoms with E-state index in [0.29, 0.717) is 35.8 Å². The molecule has 0 unspecified atom stereocenters. The van der Waals surface area contributed by atoms with Crippen molar-refractivity contribution in [3.8, 4) is 0 Å². The number of carbonyl (C=O) groups is 2. The van der Waals surface area contributed by atoms with E-state index in [0.717, 1.165) is 30.4 Å². The Labute approximate surface area is 170 Å². The molecule has 2 aliphatic rings. The van der Waals surface area contributed by atoms with E-state index in [9.17, 15) is 9.59 Å². The molecule has 2 heterocycles. The molecule has 1 aliphatic heterocycles. The fourth-order valence-electron chi connectivity index (χ4n) is 4.14. The number of likely N-dealkylation sites (tertiary alicyclic amines) is 1. The number of benzene rings is 1. The summed E-state index contributed by atoms with van der Waals surface area (Å²) < 4.78 is 5.71. The number of nitrogens with one attached hydrogen (secondary N) is 1. The van der Waals surface area contributed by atoms with Crippen LogP contribution in [0.1, 0.15) is 49.1 Å². The molecule has 1 aliphatic carbocycles. The summed E-state index contributed by atoms with van der Waals surface area (Å²) in [5.74, 6) is 1.55. The molecule has 1 N–H and O–H groups in total. The van der Waals surface area contributed by atoms with Crippen molar-refractivity contribution in [3.05, 3.63) is 36.1 Å². The lowest BCUT2D eigenvalue weighted by atomic mass is 9.96. The first-order valence-electron chi connectivity index (χ1n) is 10.3. The molecule has 2 fully saturated rings. The second kappa shape index (κ2) is 9.03. The van der Waals surface area contributed by atoms with Crippen LogP contribution in [0.25, 0.3) is 11.0 Å². The lowest BCUT2D eigenvalue weighted by Crippen LogP contribution is -2.41. The van der Waals surface area contributed by atoms with Gasteiger partial charge in [-0.3, -0.25) is 9.59 Å². The summed E-state index contributed by atoms with van der Waals surface area (Å²) in [6.45, 7) is 2.15. The quantitative estimate of drug-likeness (QED) is 0.794. The highest BCUT2D eigenvalue weighted by atomic mass is 32.2. The van der Waals surface area contributed by atoms with Crippen molar-refractivity contribution in [2.75, 3.05) is 25.4 Å². The van der Waals surface area contributed by atoms with Gasteiger partial charge in [-0.15, -0.1) is 11.8 Å². The Morgan fingerprint density at radius 3 is 2.61 bits per heavy atom. The van der Waals surface area contributed by atoms with Crippen molar-refractivity contribution in [1.82, 2.24) is 10.2 Å². The number of nitrogens with zero attached hydrogens (tertiary/aromatic N) is 1. The van der Waals surface area contributed by atoms with Gasteiger partial charge in [0.15, 0.2) is 5.76 Å². The maximum absolute atomic E-state index is 12.7. The van der Waals surface area contributed by atoms with Crippen LogP contribution >= 0.6 is 11.8 Å². The van der Waals surface area contributed by atoms with Gasteiger partial charge in [0.1, 0.15) is 5.58 Å². The fraction of sp³-hybridized carbons (Fsp3) is 0.545. The first-order chi connectivity index (χ1) is 13.7. The first kappa shape index (κ1) is 19.4. The second-order valence-electron chi connectivity index (χ2n) is 7.91. The van der Waals surface area contributed by atoms with Crippen molar-refractivity contribution < 1.29 is 14.0 Å². The first-order valence-corrected chi connectivity index (χ1v) is 11.4. The van der Waals surface area contributed by atoms with Gasteiger partial charge in [-0.25, -0.2) is 0 Å². The van der Waals surface area contributed by atoms with Crippen LogP contribution in [0.5, 0.6) is 0 Å². The predicted octanol–water partition coefficient (Wildman–Crippen LogP) is 4.08. The van der Waals surface area contributed by atoms with Crippen molar-refractivity contribution in [3.63, 3.8) is 0 Å². The molecule has 0 radical (unpaired) electrons. The van der Waals surface area contributed by atoms with Crippen LogP contribution < -0.4 is 5.32 Å². The lowest BCUT2D eigenvalue weighted by Gasteiger charge is -2.31. The zero-order valence-corrected chi connectivity index (χ0v) is 17.0. The van der Waals surface area contributed by atoms with Gasteiger partial charge in [-0.1, -0.05) is 31.0 Å². The van der Waals surface area contributed by atoms with E-state index in [4.69, 9.17) is 4.42 Å². The van der Waals surface area contributed by atoms with Gasteiger partial charge < -0.3 is 14.6 Å². The molecule has 1 aromatic carbocycles. The SMILES string of the molecule is O=C(CSC1CCCC1)NCC1CCN(C(=O)c2cc3ccccc3o2)CC1. The molecule has 0 atom stereocenters. The Hall–Kier alpha value is -1.95. The molecule has 1 aromatic heterocycles. The van der Waals surface area contributed by atoms with Crippen molar-refractivity contribution in [2.45, 2.75) is 43.8 Å². The summed E-state index contributed by atoms with van der Waals surface area (Å²) in [6.07, 6.45) is 6.98. The number of furan rings is 1. The number of carbonyl (C=O) groups excluding carboxylic acids is 2. The standard InChI is InChI=1S/C22H28N2O3S/c25-21(15-28-18-6-2-3-7-18)23-14-16-9-11-24(12-10-16)22(26)20-13-17-5-1-4-8-19(17)27-20/h1,4-5,8,13,16,18H,2-3,6-7,9-12,14-15H2,(H,23,25). The number of amides is 2. The summed E-state index contributed by atoms with van der Waals surface area (Å²) in [7, 11) is 0. The Bertz CT molecular complexity index is 787.